The van der Waals surface area contributed by atoms with Crippen LogP contribution in [0.4, 0.5) is 4.39 Å². The molecule has 116 valence electrons. The second-order valence-electron chi connectivity index (χ2n) is 5.15. The Hall–Kier alpha value is -1.82. The van der Waals surface area contributed by atoms with Crippen LogP contribution < -0.4 is 10.1 Å². The van der Waals surface area contributed by atoms with Gasteiger partial charge in [-0.05, 0) is 32.4 Å². The molecule has 0 unspecified atom stereocenters. The Balaban J connectivity index is 2.34. The molecular weight excluding hydrogens is 301 g/mol. The zero-order valence-corrected chi connectivity index (χ0v) is 12.5. The molecule has 0 aromatic heterocycles. The summed E-state index contributed by atoms with van der Waals surface area (Å²) in [5.74, 6) is -1.60. The molecule has 0 aliphatic heterocycles. The van der Waals surface area contributed by atoms with Gasteiger partial charge in [0.1, 0.15) is 11.6 Å². The van der Waals surface area contributed by atoms with E-state index in [-0.39, 0.29) is 23.9 Å². The van der Waals surface area contributed by atoms with Gasteiger partial charge in [-0.1, -0.05) is 11.6 Å². The molecule has 0 saturated heterocycles. The summed E-state index contributed by atoms with van der Waals surface area (Å²) in [6, 6.07) is 3.78. The van der Waals surface area contributed by atoms with E-state index in [1.807, 2.05) is 0 Å². The molecule has 0 radical (unpaired) electrons. The standard InChI is InChI=1S/C14H17ClFNO4/c1-14(2,13(19)20)5-6-17-12(18)8-21-9-3-4-11(16)10(15)7-9/h3-4,7H,5-6,8H2,1-2H3,(H,17,18)(H,19,20). The molecule has 0 aliphatic carbocycles. The highest BCUT2D eigenvalue weighted by Gasteiger charge is 2.26. The van der Waals surface area contributed by atoms with Crippen LogP contribution in [0, 0.1) is 11.2 Å². The summed E-state index contributed by atoms with van der Waals surface area (Å²) in [4.78, 5) is 22.4. The van der Waals surface area contributed by atoms with Crippen LogP contribution in [-0.4, -0.2) is 30.1 Å². The normalized spacial score (nSPS) is 11.0. The Labute approximate surface area is 127 Å². The number of carboxylic acid groups (broad SMARTS) is 1. The lowest BCUT2D eigenvalue weighted by Gasteiger charge is -2.18. The number of hydrogen-bond acceptors (Lipinski definition) is 3. The van der Waals surface area contributed by atoms with E-state index in [0.29, 0.717) is 6.42 Å². The molecule has 0 spiro atoms. The minimum absolute atomic E-state index is 0.0869. The minimum atomic E-state index is -0.922. The number of amides is 1. The smallest absolute Gasteiger partial charge is 0.309 e. The summed E-state index contributed by atoms with van der Waals surface area (Å²) >= 11 is 5.58. The molecular formula is C14H17ClFNO4. The number of hydrogen-bond donors (Lipinski definition) is 2. The van der Waals surface area contributed by atoms with E-state index < -0.39 is 23.1 Å². The summed E-state index contributed by atoms with van der Waals surface area (Å²) in [5, 5.41) is 11.4. The Bertz CT molecular complexity index is 534. The van der Waals surface area contributed by atoms with Crippen molar-refractivity contribution in [1.82, 2.24) is 5.32 Å². The van der Waals surface area contributed by atoms with Gasteiger partial charge in [0.05, 0.1) is 10.4 Å². The highest BCUT2D eigenvalue weighted by Crippen LogP contribution is 2.21. The minimum Gasteiger partial charge on any atom is -0.484 e. The maximum atomic E-state index is 12.9. The van der Waals surface area contributed by atoms with Crippen molar-refractivity contribution >= 4 is 23.5 Å². The Kier molecular flexibility index (Phi) is 5.96. The predicted molar refractivity (Wildman–Crippen MR) is 75.9 cm³/mol. The lowest BCUT2D eigenvalue weighted by atomic mass is 9.90. The van der Waals surface area contributed by atoms with E-state index >= 15 is 0 Å². The zero-order valence-electron chi connectivity index (χ0n) is 11.8. The largest absolute Gasteiger partial charge is 0.484 e. The Morgan fingerprint density at radius 3 is 2.67 bits per heavy atom. The Morgan fingerprint density at radius 2 is 2.10 bits per heavy atom. The monoisotopic (exact) mass is 317 g/mol. The van der Waals surface area contributed by atoms with Crippen molar-refractivity contribution in [2.45, 2.75) is 20.3 Å². The second kappa shape index (κ2) is 7.26. The van der Waals surface area contributed by atoms with Gasteiger partial charge in [0.25, 0.3) is 5.91 Å². The summed E-state index contributed by atoms with van der Waals surface area (Å²) in [5.41, 5.74) is -0.904. The molecule has 5 nitrogen and oxygen atoms in total. The number of carboxylic acids is 1. The van der Waals surface area contributed by atoms with Crippen LogP contribution >= 0.6 is 11.6 Å². The molecule has 1 rings (SSSR count). The fourth-order valence-electron chi connectivity index (χ4n) is 1.39. The maximum absolute atomic E-state index is 12.9. The van der Waals surface area contributed by atoms with Gasteiger partial charge in [0, 0.05) is 12.6 Å². The van der Waals surface area contributed by atoms with Crippen molar-refractivity contribution in [3.05, 3.63) is 29.0 Å². The molecule has 0 aliphatic rings. The van der Waals surface area contributed by atoms with E-state index in [1.165, 1.54) is 12.1 Å². The van der Waals surface area contributed by atoms with Crippen LogP contribution in [0.5, 0.6) is 5.75 Å². The Morgan fingerprint density at radius 1 is 1.43 bits per heavy atom. The third-order valence-electron chi connectivity index (χ3n) is 2.91. The van der Waals surface area contributed by atoms with Gasteiger partial charge < -0.3 is 15.2 Å². The van der Waals surface area contributed by atoms with Gasteiger partial charge in [0.15, 0.2) is 6.61 Å². The molecule has 1 aromatic carbocycles. The first-order valence-electron chi connectivity index (χ1n) is 6.30. The zero-order chi connectivity index (χ0) is 16.0. The van der Waals surface area contributed by atoms with Gasteiger partial charge in [0.2, 0.25) is 0 Å². The first-order valence-corrected chi connectivity index (χ1v) is 6.68. The van der Waals surface area contributed by atoms with Gasteiger partial charge >= 0.3 is 5.97 Å². The van der Waals surface area contributed by atoms with Crippen molar-refractivity contribution in [2.75, 3.05) is 13.2 Å². The van der Waals surface area contributed by atoms with Crippen LogP contribution in [0.2, 0.25) is 5.02 Å². The van der Waals surface area contributed by atoms with Gasteiger partial charge in [-0.25, -0.2) is 4.39 Å². The van der Waals surface area contributed by atoms with Gasteiger partial charge in [-0.2, -0.15) is 0 Å². The number of benzene rings is 1. The van der Waals surface area contributed by atoms with Crippen molar-refractivity contribution in [2.24, 2.45) is 5.41 Å². The quantitative estimate of drug-likeness (QED) is 0.810. The van der Waals surface area contributed by atoms with Crippen LogP contribution in [0.1, 0.15) is 20.3 Å². The average Bonchev–Trinajstić information content (AvgIpc) is 2.39. The molecule has 0 bridgehead atoms. The summed E-state index contributed by atoms with van der Waals surface area (Å²) in [6.45, 7) is 3.14. The number of carbonyl (C=O) groups is 2. The fourth-order valence-corrected chi connectivity index (χ4v) is 1.56. The van der Waals surface area contributed by atoms with E-state index in [4.69, 9.17) is 21.4 Å². The molecule has 2 N–H and O–H groups in total. The van der Waals surface area contributed by atoms with E-state index in [2.05, 4.69) is 5.32 Å². The number of carbonyl (C=O) groups excluding carboxylic acids is 1. The number of halogens is 2. The maximum Gasteiger partial charge on any atom is 0.309 e. The van der Waals surface area contributed by atoms with Crippen molar-refractivity contribution < 1.29 is 23.8 Å². The molecule has 21 heavy (non-hydrogen) atoms. The summed E-state index contributed by atoms with van der Waals surface area (Å²) < 4.78 is 18.1. The van der Waals surface area contributed by atoms with Crippen LogP contribution in [0.3, 0.4) is 0 Å². The van der Waals surface area contributed by atoms with Gasteiger partial charge in [-0.15, -0.1) is 0 Å². The SMILES string of the molecule is CC(C)(CCNC(=O)COc1ccc(F)c(Cl)c1)C(=O)O. The third-order valence-corrected chi connectivity index (χ3v) is 3.20. The predicted octanol–water partition coefficient (Wildman–Crippen LogP) is 2.48. The lowest BCUT2D eigenvalue weighted by molar-refractivity contribution is -0.147. The first kappa shape index (κ1) is 17.2. The number of aliphatic carboxylic acids is 1. The number of rotatable bonds is 7. The van der Waals surface area contributed by atoms with Crippen molar-refractivity contribution in [1.29, 1.82) is 0 Å². The van der Waals surface area contributed by atoms with Crippen LogP contribution in [0.25, 0.3) is 0 Å². The van der Waals surface area contributed by atoms with Crippen molar-refractivity contribution in [3.8, 4) is 5.75 Å². The van der Waals surface area contributed by atoms with Crippen LogP contribution in [0.15, 0.2) is 18.2 Å². The van der Waals surface area contributed by atoms with E-state index in [1.54, 1.807) is 13.8 Å². The highest BCUT2D eigenvalue weighted by atomic mass is 35.5. The summed E-state index contributed by atoms with van der Waals surface area (Å²) in [7, 11) is 0. The molecule has 1 amide bonds. The fraction of sp³-hybridized carbons (Fsp3) is 0.429. The van der Waals surface area contributed by atoms with Crippen molar-refractivity contribution in [3.63, 3.8) is 0 Å². The second-order valence-corrected chi connectivity index (χ2v) is 5.56. The molecule has 0 atom stereocenters. The van der Waals surface area contributed by atoms with E-state index in [0.717, 1.165) is 6.07 Å². The first-order chi connectivity index (χ1) is 9.72. The lowest BCUT2D eigenvalue weighted by Crippen LogP contribution is -2.34. The third kappa shape index (κ3) is 5.59. The molecule has 0 heterocycles. The topological polar surface area (TPSA) is 75.6 Å². The number of ether oxygens (including phenoxy) is 1. The molecule has 1 aromatic rings. The van der Waals surface area contributed by atoms with Gasteiger partial charge in [-0.3, -0.25) is 9.59 Å². The highest BCUT2D eigenvalue weighted by molar-refractivity contribution is 6.30. The summed E-state index contributed by atoms with van der Waals surface area (Å²) in [6.07, 6.45) is 0.302. The molecule has 7 heteroatoms. The number of nitrogens with one attached hydrogen (secondary N) is 1. The molecule has 0 saturated carbocycles. The molecule has 0 fully saturated rings. The van der Waals surface area contributed by atoms with E-state index in [9.17, 15) is 14.0 Å². The average molecular weight is 318 g/mol. The van der Waals surface area contributed by atoms with Crippen LogP contribution in [-0.2, 0) is 9.59 Å².